The predicted molar refractivity (Wildman–Crippen MR) is 71.1 cm³/mol. The summed E-state index contributed by atoms with van der Waals surface area (Å²) in [6.07, 6.45) is 2.29. The minimum absolute atomic E-state index is 0.372. The molecule has 94 valence electrons. The number of nitrogens with zero attached hydrogens (tertiary/aromatic N) is 2. The van der Waals surface area contributed by atoms with Crippen LogP contribution in [0.1, 0.15) is 22.3 Å². The molecular formula is C12H11ClN2O2S. The van der Waals surface area contributed by atoms with E-state index in [2.05, 4.69) is 9.97 Å². The summed E-state index contributed by atoms with van der Waals surface area (Å²) in [5.74, 6) is -0.414. The second-order valence-corrected chi connectivity index (χ2v) is 5.02. The number of rotatable bonds is 3. The molecule has 0 saturated heterocycles. The zero-order chi connectivity index (χ0) is 13.1. The number of hydrogen-bond donors (Lipinski definition) is 0. The average Bonchev–Trinajstić information content (AvgIpc) is 2.82. The summed E-state index contributed by atoms with van der Waals surface area (Å²) in [6, 6.07) is 3.52. The Morgan fingerprint density at radius 2 is 2.28 bits per heavy atom. The van der Waals surface area contributed by atoms with Crippen molar-refractivity contribution in [3.05, 3.63) is 33.9 Å². The summed E-state index contributed by atoms with van der Waals surface area (Å²) in [5.41, 5.74) is 1.08. The molecule has 0 aliphatic heterocycles. The third-order valence-electron chi connectivity index (χ3n) is 2.34. The van der Waals surface area contributed by atoms with Crippen LogP contribution in [0.5, 0.6) is 0 Å². The molecule has 0 fully saturated rings. The van der Waals surface area contributed by atoms with Crippen LogP contribution in [-0.4, -0.2) is 23.0 Å². The molecule has 2 aromatic heterocycles. The molecule has 0 bridgehead atoms. The fraction of sp³-hybridized carbons (Fsp3) is 0.250. The van der Waals surface area contributed by atoms with Gasteiger partial charge in [0.25, 0.3) is 0 Å². The molecule has 0 spiro atoms. The molecule has 4 nitrogen and oxygen atoms in total. The summed E-state index contributed by atoms with van der Waals surface area (Å²) < 4.78 is 4.71. The average molecular weight is 283 g/mol. The zero-order valence-electron chi connectivity index (χ0n) is 9.94. The third-order valence-corrected chi connectivity index (χ3v) is 3.79. The summed E-state index contributed by atoms with van der Waals surface area (Å²) in [6.45, 7) is 1.97. The number of esters is 1. The van der Waals surface area contributed by atoms with E-state index in [9.17, 15) is 4.79 Å². The SMILES string of the molecule is CCc1sc(-c2ccc(Cl)cn2)nc1C(=O)OC. The highest BCUT2D eigenvalue weighted by molar-refractivity contribution is 7.15. The van der Waals surface area contributed by atoms with Gasteiger partial charge in [-0.1, -0.05) is 18.5 Å². The highest BCUT2D eigenvalue weighted by atomic mass is 35.5. The molecule has 0 atom stereocenters. The van der Waals surface area contributed by atoms with Gasteiger partial charge in [0, 0.05) is 11.1 Å². The minimum Gasteiger partial charge on any atom is -0.464 e. The highest BCUT2D eigenvalue weighted by Gasteiger charge is 2.18. The van der Waals surface area contributed by atoms with Crippen molar-refractivity contribution >= 4 is 28.9 Å². The van der Waals surface area contributed by atoms with Crippen molar-refractivity contribution < 1.29 is 9.53 Å². The maximum Gasteiger partial charge on any atom is 0.357 e. The zero-order valence-corrected chi connectivity index (χ0v) is 11.5. The largest absolute Gasteiger partial charge is 0.464 e. The lowest BCUT2D eigenvalue weighted by Crippen LogP contribution is -2.04. The van der Waals surface area contributed by atoms with Gasteiger partial charge in [-0.15, -0.1) is 11.3 Å². The van der Waals surface area contributed by atoms with Gasteiger partial charge in [-0.05, 0) is 18.6 Å². The minimum atomic E-state index is -0.414. The number of methoxy groups -OCH3 is 1. The number of pyridine rings is 1. The third kappa shape index (κ3) is 2.52. The molecular weight excluding hydrogens is 272 g/mol. The van der Waals surface area contributed by atoms with Gasteiger partial charge in [-0.3, -0.25) is 4.98 Å². The summed E-state index contributed by atoms with van der Waals surface area (Å²) in [4.78, 5) is 20.9. The van der Waals surface area contributed by atoms with Crippen LogP contribution >= 0.6 is 22.9 Å². The lowest BCUT2D eigenvalue weighted by Gasteiger charge is -1.96. The Labute approximate surface area is 114 Å². The van der Waals surface area contributed by atoms with Crippen molar-refractivity contribution in [2.75, 3.05) is 7.11 Å². The van der Waals surface area contributed by atoms with Gasteiger partial charge >= 0.3 is 5.97 Å². The number of aromatic nitrogens is 2. The van der Waals surface area contributed by atoms with E-state index in [1.807, 2.05) is 6.92 Å². The fourth-order valence-electron chi connectivity index (χ4n) is 1.46. The van der Waals surface area contributed by atoms with E-state index in [0.29, 0.717) is 21.4 Å². The van der Waals surface area contributed by atoms with Gasteiger partial charge in [-0.25, -0.2) is 9.78 Å². The summed E-state index contributed by atoms with van der Waals surface area (Å²) in [7, 11) is 1.35. The standard InChI is InChI=1S/C12H11ClN2O2S/c1-3-9-10(12(16)17-2)15-11(18-9)8-5-4-7(13)6-14-8/h4-6H,3H2,1-2H3. The van der Waals surface area contributed by atoms with Gasteiger partial charge in [-0.2, -0.15) is 0 Å². The molecule has 18 heavy (non-hydrogen) atoms. The topological polar surface area (TPSA) is 52.1 Å². The van der Waals surface area contributed by atoms with E-state index in [4.69, 9.17) is 16.3 Å². The Kier molecular flexibility index (Phi) is 3.93. The number of carbonyl (C=O) groups excluding carboxylic acids is 1. The monoisotopic (exact) mass is 282 g/mol. The fourth-order valence-corrected chi connectivity index (χ4v) is 2.54. The Balaban J connectivity index is 2.43. The number of carbonyl (C=O) groups is 1. The Bertz CT molecular complexity index is 566. The molecule has 2 rings (SSSR count). The first kappa shape index (κ1) is 13.0. The molecule has 0 aliphatic rings. The van der Waals surface area contributed by atoms with E-state index in [1.54, 1.807) is 18.3 Å². The van der Waals surface area contributed by atoms with Gasteiger partial charge in [0.15, 0.2) is 5.69 Å². The van der Waals surface area contributed by atoms with E-state index in [1.165, 1.54) is 18.4 Å². The number of ether oxygens (including phenoxy) is 1. The van der Waals surface area contributed by atoms with Crippen molar-refractivity contribution in [2.45, 2.75) is 13.3 Å². The highest BCUT2D eigenvalue weighted by Crippen LogP contribution is 2.28. The van der Waals surface area contributed by atoms with Crippen molar-refractivity contribution in [3.63, 3.8) is 0 Å². The maximum absolute atomic E-state index is 11.6. The molecule has 0 N–H and O–H groups in total. The van der Waals surface area contributed by atoms with Crippen LogP contribution in [0.3, 0.4) is 0 Å². The van der Waals surface area contributed by atoms with E-state index in [-0.39, 0.29) is 0 Å². The van der Waals surface area contributed by atoms with Crippen molar-refractivity contribution in [2.24, 2.45) is 0 Å². The quantitative estimate of drug-likeness (QED) is 0.811. The molecule has 0 amide bonds. The molecule has 0 unspecified atom stereocenters. The molecule has 0 saturated carbocycles. The number of hydrogen-bond acceptors (Lipinski definition) is 5. The van der Waals surface area contributed by atoms with Gasteiger partial charge in [0.1, 0.15) is 5.01 Å². The van der Waals surface area contributed by atoms with Crippen molar-refractivity contribution in [1.82, 2.24) is 9.97 Å². The number of thiazole rings is 1. The second kappa shape index (κ2) is 5.46. The van der Waals surface area contributed by atoms with Crippen LogP contribution in [0.15, 0.2) is 18.3 Å². The normalized spacial score (nSPS) is 10.4. The van der Waals surface area contributed by atoms with Crippen LogP contribution in [0, 0.1) is 0 Å². The molecule has 0 radical (unpaired) electrons. The molecule has 0 aliphatic carbocycles. The smallest absolute Gasteiger partial charge is 0.357 e. The molecule has 2 heterocycles. The van der Waals surface area contributed by atoms with E-state index < -0.39 is 5.97 Å². The summed E-state index contributed by atoms with van der Waals surface area (Å²) >= 11 is 7.23. The summed E-state index contributed by atoms with van der Waals surface area (Å²) in [5, 5.41) is 1.27. The predicted octanol–water partition coefficient (Wildman–Crippen LogP) is 3.21. The van der Waals surface area contributed by atoms with Crippen LogP contribution in [0.25, 0.3) is 10.7 Å². The first-order valence-corrected chi connectivity index (χ1v) is 6.55. The van der Waals surface area contributed by atoms with Crippen LogP contribution in [0.4, 0.5) is 0 Å². The Hall–Kier alpha value is -1.46. The first-order valence-electron chi connectivity index (χ1n) is 5.35. The second-order valence-electron chi connectivity index (χ2n) is 3.50. The Morgan fingerprint density at radius 1 is 1.50 bits per heavy atom. The number of halogens is 1. The lowest BCUT2D eigenvalue weighted by atomic mass is 10.3. The van der Waals surface area contributed by atoms with Gasteiger partial charge < -0.3 is 4.74 Å². The van der Waals surface area contributed by atoms with Crippen LogP contribution in [0.2, 0.25) is 5.02 Å². The van der Waals surface area contributed by atoms with Gasteiger partial charge in [0.05, 0.1) is 17.8 Å². The number of aryl methyl sites for hydroxylation is 1. The van der Waals surface area contributed by atoms with E-state index in [0.717, 1.165) is 11.3 Å². The molecule has 0 aromatic carbocycles. The first-order chi connectivity index (χ1) is 8.65. The molecule has 6 heteroatoms. The van der Waals surface area contributed by atoms with Crippen molar-refractivity contribution in [1.29, 1.82) is 0 Å². The van der Waals surface area contributed by atoms with Crippen LogP contribution in [-0.2, 0) is 11.2 Å². The maximum atomic E-state index is 11.6. The molecule has 2 aromatic rings. The Morgan fingerprint density at radius 3 is 2.83 bits per heavy atom. The van der Waals surface area contributed by atoms with Crippen LogP contribution < -0.4 is 0 Å². The van der Waals surface area contributed by atoms with E-state index >= 15 is 0 Å². The van der Waals surface area contributed by atoms with Crippen molar-refractivity contribution in [3.8, 4) is 10.7 Å². The van der Waals surface area contributed by atoms with Gasteiger partial charge in [0.2, 0.25) is 0 Å². The lowest BCUT2D eigenvalue weighted by molar-refractivity contribution is 0.0594.